The van der Waals surface area contributed by atoms with Crippen LogP contribution in [0.15, 0.2) is 12.1 Å². The molecule has 0 aliphatic carbocycles. The topological polar surface area (TPSA) is 107 Å². The molecule has 1 aromatic rings. The Balaban J connectivity index is 1.82. The minimum atomic E-state index is -0.459. The Morgan fingerprint density at radius 1 is 1.45 bits per heavy atom. The minimum Gasteiger partial charge on any atom is -0.480 e. The number of anilines is 2. The van der Waals surface area contributed by atoms with E-state index in [0.29, 0.717) is 36.9 Å². The number of nitrogens with zero attached hydrogens (tertiary/aromatic N) is 2. The highest BCUT2D eigenvalue weighted by Gasteiger charge is 2.33. The average molecular weight is 278 g/mol. The number of amides is 2. The second kappa shape index (κ2) is 4.97. The number of ether oxygens (including phenoxy) is 2. The summed E-state index contributed by atoms with van der Waals surface area (Å²) in [6.45, 7) is 0.822. The van der Waals surface area contributed by atoms with Gasteiger partial charge in [-0.2, -0.15) is 0 Å². The first kappa shape index (κ1) is 12.7. The number of nitrogens with two attached hydrogens (primary N) is 1. The third-order valence-electron chi connectivity index (χ3n) is 3.10. The summed E-state index contributed by atoms with van der Waals surface area (Å²) >= 11 is 0. The summed E-state index contributed by atoms with van der Waals surface area (Å²) in [6.07, 6.45) is -0.0809. The molecule has 20 heavy (non-hydrogen) atoms. The molecule has 2 amide bonds. The molecule has 0 aromatic carbocycles. The Labute approximate surface area is 114 Å². The number of cyclic esters (lactones) is 1. The van der Waals surface area contributed by atoms with Gasteiger partial charge in [-0.05, 0) is 25.1 Å². The lowest BCUT2D eigenvalue weighted by atomic mass is 10.2. The number of fused-ring (bicyclic) bond motifs is 1. The number of aromatic nitrogens is 1. The number of rotatable bonds is 3. The van der Waals surface area contributed by atoms with Crippen molar-refractivity contribution in [3.8, 4) is 5.75 Å². The second-order valence-corrected chi connectivity index (χ2v) is 4.55. The van der Waals surface area contributed by atoms with Gasteiger partial charge in [0, 0.05) is 0 Å². The van der Waals surface area contributed by atoms with Crippen LogP contribution in [-0.2, 0) is 9.53 Å². The molecule has 1 saturated heterocycles. The van der Waals surface area contributed by atoms with E-state index in [2.05, 4.69) is 10.3 Å². The number of nitrogens with one attached hydrogen (secondary N) is 1. The fourth-order valence-electron chi connectivity index (χ4n) is 2.15. The Morgan fingerprint density at radius 3 is 3.10 bits per heavy atom. The molecule has 3 heterocycles. The summed E-state index contributed by atoms with van der Waals surface area (Å²) in [6, 6.07) is 3.32. The lowest BCUT2D eigenvalue weighted by Gasteiger charge is -2.19. The highest BCUT2D eigenvalue weighted by Crippen LogP contribution is 2.30. The van der Waals surface area contributed by atoms with Crippen LogP contribution in [0.2, 0.25) is 0 Å². The van der Waals surface area contributed by atoms with Gasteiger partial charge in [0.2, 0.25) is 0 Å². The maximum atomic E-state index is 11.8. The Morgan fingerprint density at radius 2 is 2.30 bits per heavy atom. The van der Waals surface area contributed by atoms with Crippen molar-refractivity contribution in [1.29, 1.82) is 0 Å². The van der Waals surface area contributed by atoms with E-state index in [-0.39, 0.29) is 18.6 Å². The standard InChI is InChI=1S/C12H14N4O4/c13-4-3-7-5-16(12(18)20-7)9-2-1-8-11(14-9)15-10(17)6-19-8/h1-2,7H,3-6,13H2,(H,14,15,17)/t7-/m0/s1. The van der Waals surface area contributed by atoms with E-state index in [9.17, 15) is 9.59 Å². The largest absolute Gasteiger partial charge is 0.480 e. The van der Waals surface area contributed by atoms with Gasteiger partial charge in [0.1, 0.15) is 11.9 Å². The van der Waals surface area contributed by atoms with Crippen molar-refractivity contribution in [3.63, 3.8) is 0 Å². The van der Waals surface area contributed by atoms with Gasteiger partial charge in [-0.1, -0.05) is 0 Å². The summed E-state index contributed by atoms with van der Waals surface area (Å²) in [5.74, 6) is 0.944. The second-order valence-electron chi connectivity index (χ2n) is 4.55. The highest BCUT2D eigenvalue weighted by atomic mass is 16.6. The van der Waals surface area contributed by atoms with Crippen LogP contribution in [0.25, 0.3) is 0 Å². The molecule has 3 N–H and O–H groups in total. The van der Waals surface area contributed by atoms with Crippen LogP contribution in [-0.4, -0.2) is 42.8 Å². The van der Waals surface area contributed by atoms with Crippen LogP contribution in [0.5, 0.6) is 5.75 Å². The number of pyridine rings is 1. The SMILES string of the molecule is NCC[C@H]1CN(c2ccc3c(n2)NC(=O)CO3)C(=O)O1. The van der Waals surface area contributed by atoms with Crippen molar-refractivity contribution in [2.24, 2.45) is 5.73 Å². The smallest absolute Gasteiger partial charge is 0.415 e. The summed E-state index contributed by atoms with van der Waals surface area (Å²) in [4.78, 5) is 28.7. The van der Waals surface area contributed by atoms with Gasteiger partial charge in [0.15, 0.2) is 18.2 Å². The number of hydrogen-bond donors (Lipinski definition) is 2. The summed E-state index contributed by atoms with van der Waals surface area (Å²) in [5, 5.41) is 2.60. The van der Waals surface area contributed by atoms with Gasteiger partial charge < -0.3 is 20.5 Å². The fraction of sp³-hybridized carbons (Fsp3) is 0.417. The number of carbonyl (C=O) groups excluding carboxylic acids is 2. The van der Waals surface area contributed by atoms with Crippen molar-refractivity contribution < 1.29 is 19.1 Å². The molecule has 0 spiro atoms. The molecular weight excluding hydrogens is 264 g/mol. The molecule has 2 aliphatic rings. The van der Waals surface area contributed by atoms with Crippen LogP contribution in [0.1, 0.15) is 6.42 Å². The van der Waals surface area contributed by atoms with Gasteiger partial charge in [0.25, 0.3) is 5.91 Å². The van der Waals surface area contributed by atoms with E-state index in [0.717, 1.165) is 0 Å². The van der Waals surface area contributed by atoms with Crippen molar-refractivity contribution >= 4 is 23.6 Å². The molecule has 8 nitrogen and oxygen atoms in total. The van der Waals surface area contributed by atoms with E-state index in [4.69, 9.17) is 15.2 Å². The quantitative estimate of drug-likeness (QED) is 0.811. The van der Waals surface area contributed by atoms with Gasteiger partial charge >= 0.3 is 6.09 Å². The van der Waals surface area contributed by atoms with Crippen LogP contribution in [0.3, 0.4) is 0 Å². The number of hydrogen-bond acceptors (Lipinski definition) is 6. The van der Waals surface area contributed by atoms with Gasteiger partial charge in [-0.15, -0.1) is 0 Å². The van der Waals surface area contributed by atoms with Crippen molar-refractivity contribution in [2.45, 2.75) is 12.5 Å². The molecule has 0 radical (unpaired) electrons. The maximum absolute atomic E-state index is 11.8. The zero-order chi connectivity index (χ0) is 14.1. The Bertz CT molecular complexity index is 562. The minimum absolute atomic E-state index is 0.0294. The molecule has 1 atom stereocenters. The van der Waals surface area contributed by atoms with Crippen LogP contribution in [0, 0.1) is 0 Å². The zero-order valence-corrected chi connectivity index (χ0v) is 10.7. The lowest BCUT2D eigenvalue weighted by Crippen LogP contribution is -2.29. The molecule has 1 aromatic heterocycles. The highest BCUT2D eigenvalue weighted by molar-refractivity contribution is 5.95. The molecule has 0 bridgehead atoms. The molecule has 8 heteroatoms. The molecular formula is C12H14N4O4. The van der Waals surface area contributed by atoms with Gasteiger partial charge in [0.05, 0.1) is 6.54 Å². The summed E-state index contributed by atoms with van der Waals surface area (Å²) in [5.41, 5.74) is 5.45. The predicted molar refractivity (Wildman–Crippen MR) is 69.6 cm³/mol. The summed E-state index contributed by atoms with van der Waals surface area (Å²) in [7, 11) is 0. The maximum Gasteiger partial charge on any atom is 0.415 e. The van der Waals surface area contributed by atoms with Crippen molar-refractivity contribution in [1.82, 2.24) is 4.98 Å². The third kappa shape index (κ3) is 2.25. The molecule has 3 rings (SSSR count). The monoisotopic (exact) mass is 278 g/mol. The third-order valence-corrected chi connectivity index (χ3v) is 3.10. The normalized spacial score (nSPS) is 21.1. The predicted octanol–water partition coefficient (Wildman–Crippen LogP) is 0.0865. The lowest BCUT2D eigenvalue weighted by molar-refractivity contribution is -0.118. The molecule has 2 aliphatic heterocycles. The van der Waals surface area contributed by atoms with Gasteiger partial charge in [-0.25, -0.2) is 9.78 Å². The van der Waals surface area contributed by atoms with Crippen LogP contribution >= 0.6 is 0 Å². The van der Waals surface area contributed by atoms with Crippen molar-refractivity contribution in [2.75, 3.05) is 29.9 Å². The Hall–Kier alpha value is -2.35. The van der Waals surface area contributed by atoms with E-state index < -0.39 is 6.09 Å². The van der Waals surface area contributed by atoms with E-state index in [1.54, 1.807) is 12.1 Å². The first-order chi connectivity index (χ1) is 9.67. The molecule has 0 unspecified atom stereocenters. The molecule has 106 valence electrons. The first-order valence-electron chi connectivity index (χ1n) is 6.29. The number of carbonyl (C=O) groups is 2. The fourth-order valence-corrected chi connectivity index (χ4v) is 2.15. The molecule has 0 saturated carbocycles. The zero-order valence-electron chi connectivity index (χ0n) is 10.7. The van der Waals surface area contributed by atoms with Crippen LogP contribution < -0.4 is 20.7 Å². The Kier molecular flexibility index (Phi) is 3.15. The van der Waals surface area contributed by atoms with E-state index in [1.807, 2.05) is 0 Å². The van der Waals surface area contributed by atoms with Gasteiger partial charge in [-0.3, -0.25) is 9.69 Å². The first-order valence-corrected chi connectivity index (χ1v) is 6.29. The summed E-state index contributed by atoms with van der Waals surface area (Å²) < 4.78 is 10.4. The van der Waals surface area contributed by atoms with Crippen molar-refractivity contribution in [3.05, 3.63) is 12.1 Å². The van der Waals surface area contributed by atoms with E-state index >= 15 is 0 Å². The van der Waals surface area contributed by atoms with E-state index in [1.165, 1.54) is 4.90 Å². The van der Waals surface area contributed by atoms with Crippen LogP contribution in [0.4, 0.5) is 16.4 Å². The average Bonchev–Trinajstić information content (AvgIpc) is 2.79. The molecule has 1 fully saturated rings.